The summed E-state index contributed by atoms with van der Waals surface area (Å²) >= 11 is 0. The highest BCUT2D eigenvalue weighted by atomic mass is 16.5. The van der Waals surface area contributed by atoms with Crippen LogP contribution in [0.15, 0.2) is 0 Å². The number of rotatable bonds is 7. The summed E-state index contributed by atoms with van der Waals surface area (Å²) in [6.45, 7) is 0.495. The summed E-state index contributed by atoms with van der Waals surface area (Å²) < 4.78 is 19.0. The van der Waals surface area contributed by atoms with Gasteiger partial charge >= 0.3 is 12.1 Å². The van der Waals surface area contributed by atoms with Crippen molar-refractivity contribution in [3.63, 3.8) is 0 Å². The van der Waals surface area contributed by atoms with Crippen LogP contribution in [0.3, 0.4) is 0 Å². The number of hydrogen-bond donors (Lipinski definition) is 1. The molecule has 0 saturated heterocycles. The molecule has 0 bridgehead atoms. The van der Waals surface area contributed by atoms with Crippen molar-refractivity contribution < 1.29 is 28.5 Å². The van der Waals surface area contributed by atoms with E-state index in [1.807, 2.05) is 0 Å². The van der Waals surface area contributed by atoms with E-state index in [-0.39, 0.29) is 19.1 Å². The third-order valence-electron chi connectivity index (χ3n) is 2.15. The summed E-state index contributed by atoms with van der Waals surface area (Å²) in [6, 6.07) is -0.868. The molecule has 0 aromatic carbocycles. The Labute approximate surface area is 100 Å². The van der Waals surface area contributed by atoms with Crippen molar-refractivity contribution in [2.75, 3.05) is 41.7 Å². The molecule has 7 heteroatoms. The average Bonchev–Trinajstić information content (AvgIpc) is 2.34. The predicted molar refractivity (Wildman–Crippen MR) is 58.6 cm³/mol. The van der Waals surface area contributed by atoms with Gasteiger partial charge in [-0.15, -0.1) is 0 Å². The Bertz CT molecular complexity index is 239. The van der Waals surface area contributed by atoms with Gasteiger partial charge in [-0.2, -0.15) is 0 Å². The fourth-order valence-corrected chi connectivity index (χ4v) is 1.35. The molecule has 0 radical (unpaired) electrons. The van der Waals surface area contributed by atoms with Crippen LogP contribution < -0.4 is 5.32 Å². The van der Waals surface area contributed by atoms with Crippen LogP contribution >= 0.6 is 0 Å². The maximum Gasteiger partial charge on any atom is 0.407 e. The zero-order chi connectivity index (χ0) is 13.3. The Morgan fingerprint density at radius 3 is 1.88 bits per heavy atom. The third kappa shape index (κ3) is 5.50. The molecule has 100 valence electrons. The number of ether oxygens (including phenoxy) is 4. The zero-order valence-corrected chi connectivity index (χ0v) is 10.5. The topological polar surface area (TPSA) is 83.1 Å². The van der Waals surface area contributed by atoms with Gasteiger partial charge in [0.05, 0.1) is 27.4 Å². The van der Waals surface area contributed by atoms with Crippen molar-refractivity contribution in [3.05, 3.63) is 0 Å². The fraction of sp³-hybridized carbons (Fsp3) is 0.800. The van der Waals surface area contributed by atoms with Crippen molar-refractivity contribution in [2.24, 2.45) is 5.92 Å². The molecular weight excluding hydrogens is 230 g/mol. The van der Waals surface area contributed by atoms with Gasteiger partial charge in [0.25, 0.3) is 0 Å². The van der Waals surface area contributed by atoms with Crippen molar-refractivity contribution in [2.45, 2.75) is 6.04 Å². The van der Waals surface area contributed by atoms with Crippen LogP contribution in [0.2, 0.25) is 0 Å². The van der Waals surface area contributed by atoms with Crippen molar-refractivity contribution in [3.8, 4) is 0 Å². The Balaban J connectivity index is 4.71. The predicted octanol–water partition coefficient (Wildman–Crippen LogP) is -0.207. The number of hydrogen-bond acceptors (Lipinski definition) is 6. The summed E-state index contributed by atoms with van der Waals surface area (Å²) in [7, 11) is 5.45. The monoisotopic (exact) mass is 249 g/mol. The number of carbonyl (C=O) groups excluding carboxylic acids is 2. The number of alkyl carbamates (subject to hydrolysis) is 1. The summed E-state index contributed by atoms with van der Waals surface area (Å²) in [5.41, 5.74) is 0. The molecule has 0 aromatic heterocycles. The molecular formula is C10H19NO6. The van der Waals surface area contributed by atoms with Crippen LogP contribution in [0.25, 0.3) is 0 Å². The third-order valence-corrected chi connectivity index (χ3v) is 2.15. The standard InChI is InChI=1S/C10H19NO6/c1-14-5-7(6-15-2)8(9(12)16-3)11-10(13)17-4/h7-8H,5-6H2,1-4H3,(H,11,13)/t8-/m0/s1. The van der Waals surface area contributed by atoms with Crippen LogP contribution in [-0.2, 0) is 23.7 Å². The molecule has 0 unspecified atom stereocenters. The van der Waals surface area contributed by atoms with Gasteiger partial charge in [0.15, 0.2) is 0 Å². The van der Waals surface area contributed by atoms with E-state index in [4.69, 9.17) is 9.47 Å². The van der Waals surface area contributed by atoms with Crippen LogP contribution in [0.5, 0.6) is 0 Å². The van der Waals surface area contributed by atoms with E-state index in [0.29, 0.717) is 0 Å². The number of esters is 1. The lowest BCUT2D eigenvalue weighted by Crippen LogP contribution is -2.49. The van der Waals surface area contributed by atoms with Crippen LogP contribution in [0.4, 0.5) is 4.79 Å². The molecule has 1 N–H and O–H groups in total. The van der Waals surface area contributed by atoms with Crippen molar-refractivity contribution in [1.82, 2.24) is 5.32 Å². The molecule has 0 saturated carbocycles. The van der Waals surface area contributed by atoms with Gasteiger partial charge in [0.2, 0.25) is 0 Å². The van der Waals surface area contributed by atoms with E-state index < -0.39 is 18.1 Å². The largest absolute Gasteiger partial charge is 0.467 e. The highest BCUT2D eigenvalue weighted by Gasteiger charge is 2.31. The normalized spacial score (nSPS) is 12.1. The average molecular weight is 249 g/mol. The molecule has 0 rings (SSSR count). The molecule has 1 atom stereocenters. The highest BCUT2D eigenvalue weighted by Crippen LogP contribution is 2.08. The molecule has 0 aliphatic carbocycles. The molecule has 7 nitrogen and oxygen atoms in total. The maximum atomic E-state index is 11.6. The lowest BCUT2D eigenvalue weighted by molar-refractivity contribution is -0.145. The summed E-state index contributed by atoms with van der Waals surface area (Å²) in [4.78, 5) is 22.7. The second-order valence-electron chi connectivity index (χ2n) is 3.31. The van der Waals surface area contributed by atoms with Gasteiger partial charge < -0.3 is 24.3 Å². The van der Waals surface area contributed by atoms with Crippen LogP contribution in [0, 0.1) is 5.92 Å². The first-order valence-corrected chi connectivity index (χ1v) is 5.00. The Morgan fingerprint density at radius 1 is 1.00 bits per heavy atom. The number of nitrogens with one attached hydrogen (secondary N) is 1. The second kappa shape index (κ2) is 8.77. The Hall–Kier alpha value is -1.34. The van der Waals surface area contributed by atoms with Gasteiger partial charge in [0, 0.05) is 20.1 Å². The highest BCUT2D eigenvalue weighted by molar-refractivity contribution is 5.81. The van der Waals surface area contributed by atoms with Gasteiger partial charge in [0.1, 0.15) is 6.04 Å². The van der Waals surface area contributed by atoms with E-state index in [9.17, 15) is 9.59 Å². The Kier molecular flexibility index (Phi) is 8.08. The van der Waals surface area contributed by atoms with Crippen LogP contribution in [0.1, 0.15) is 0 Å². The maximum absolute atomic E-state index is 11.6. The molecule has 17 heavy (non-hydrogen) atoms. The van der Waals surface area contributed by atoms with Crippen molar-refractivity contribution >= 4 is 12.1 Å². The smallest absolute Gasteiger partial charge is 0.407 e. The minimum absolute atomic E-state index is 0.248. The number of methoxy groups -OCH3 is 4. The molecule has 1 amide bonds. The summed E-state index contributed by atoms with van der Waals surface area (Å²) in [6.07, 6.45) is -0.711. The van der Waals surface area contributed by atoms with E-state index in [1.165, 1.54) is 28.4 Å². The van der Waals surface area contributed by atoms with Gasteiger partial charge in [-0.05, 0) is 0 Å². The van der Waals surface area contributed by atoms with Crippen LogP contribution in [-0.4, -0.2) is 59.8 Å². The molecule has 0 heterocycles. The fourth-order valence-electron chi connectivity index (χ4n) is 1.35. The molecule has 0 spiro atoms. The molecule has 0 aliphatic heterocycles. The first-order valence-electron chi connectivity index (χ1n) is 5.00. The SMILES string of the molecule is COCC(COC)[C@H](NC(=O)OC)C(=O)OC. The molecule has 0 fully saturated rings. The second-order valence-corrected chi connectivity index (χ2v) is 3.31. The number of carbonyl (C=O) groups is 2. The van der Waals surface area contributed by atoms with E-state index in [2.05, 4.69) is 14.8 Å². The lowest BCUT2D eigenvalue weighted by Gasteiger charge is -2.24. The minimum atomic E-state index is -0.868. The molecule has 0 aromatic rings. The van der Waals surface area contributed by atoms with Gasteiger partial charge in [-0.1, -0.05) is 0 Å². The van der Waals surface area contributed by atoms with Gasteiger partial charge in [-0.3, -0.25) is 0 Å². The van der Waals surface area contributed by atoms with E-state index in [1.54, 1.807) is 0 Å². The zero-order valence-electron chi connectivity index (χ0n) is 10.5. The Morgan fingerprint density at radius 2 is 1.53 bits per heavy atom. The first-order chi connectivity index (χ1) is 8.10. The number of amides is 1. The van der Waals surface area contributed by atoms with Gasteiger partial charge in [-0.25, -0.2) is 9.59 Å². The van der Waals surface area contributed by atoms with E-state index >= 15 is 0 Å². The summed E-state index contributed by atoms with van der Waals surface area (Å²) in [5, 5.41) is 2.39. The molecule has 0 aliphatic rings. The van der Waals surface area contributed by atoms with E-state index in [0.717, 1.165) is 0 Å². The summed E-state index contributed by atoms with van der Waals surface area (Å²) in [5.74, 6) is -0.925. The minimum Gasteiger partial charge on any atom is -0.467 e. The quantitative estimate of drug-likeness (QED) is 0.629. The first kappa shape index (κ1) is 15.7. The lowest BCUT2D eigenvalue weighted by atomic mass is 10.0. The van der Waals surface area contributed by atoms with Crippen molar-refractivity contribution in [1.29, 1.82) is 0 Å².